The molecule has 1 aliphatic carbocycles. The minimum Gasteiger partial charge on any atom is -0.353 e. The molecule has 0 atom stereocenters. The Balaban J connectivity index is 3.01. The third kappa shape index (κ3) is 2.56. The van der Waals surface area contributed by atoms with Gasteiger partial charge in [0.25, 0.3) is 0 Å². The standard InChI is InChI=1S/C12H24O4/c1-10(2)7-11(13-3,14-4)9-12(8-10,15-5)16-6/h7-9H2,1-6H3. The van der Waals surface area contributed by atoms with Crippen LogP contribution in [0.25, 0.3) is 0 Å². The van der Waals surface area contributed by atoms with Gasteiger partial charge in [0.1, 0.15) is 0 Å². The van der Waals surface area contributed by atoms with E-state index in [9.17, 15) is 0 Å². The van der Waals surface area contributed by atoms with Crippen molar-refractivity contribution in [2.75, 3.05) is 28.4 Å². The number of rotatable bonds is 4. The smallest absolute Gasteiger partial charge is 0.173 e. The number of hydrogen-bond donors (Lipinski definition) is 0. The van der Waals surface area contributed by atoms with Gasteiger partial charge in [0, 0.05) is 41.3 Å². The summed E-state index contributed by atoms with van der Waals surface area (Å²) in [6, 6.07) is 0. The van der Waals surface area contributed by atoms with E-state index in [0.29, 0.717) is 6.42 Å². The van der Waals surface area contributed by atoms with E-state index in [1.807, 2.05) is 0 Å². The van der Waals surface area contributed by atoms with Gasteiger partial charge in [0.15, 0.2) is 11.6 Å². The SMILES string of the molecule is COC1(OC)CC(C)(C)CC(OC)(OC)C1. The molecule has 0 spiro atoms. The predicted octanol–water partition coefficient (Wildman–Crippen LogP) is 2.17. The summed E-state index contributed by atoms with van der Waals surface area (Å²) in [5, 5.41) is 0. The molecule has 0 aromatic heterocycles. The van der Waals surface area contributed by atoms with E-state index < -0.39 is 11.6 Å². The summed E-state index contributed by atoms with van der Waals surface area (Å²) in [6.45, 7) is 4.34. The molecule has 1 saturated carbocycles. The van der Waals surface area contributed by atoms with Crippen molar-refractivity contribution in [1.82, 2.24) is 0 Å². The van der Waals surface area contributed by atoms with Gasteiger partial charge in [0.05, 0.1) is 6.42 Å². The fourth-order valence-electron chi connectivity index (χ4n) is 2.80. The highest BCUT2D eigenvalue weighted by molar-refractivity contribution is 4.95. The summed E-state index contributed by atoms with van der Waals surface area (Å²) in [7, 11) is 6.67. The zero-order chi connectivity index (χ0) is 12.4. The zero-order valence-corrected chi connectivity index (χ0v) is 11.3. The average Bonchev–Trinajstić information content (AvgIpc) is 2.26. The Labute approximate surface area is 98.2 Å². The minimum absolute atomic E-state index is 0.0519. The van der Waals surface area contributed by atoms with E-state index in [-0.39, 0.29) is 5.41 Å². The van der Waals surface area contributed by atoms with Crippen LogP contribution in [-0.4, -0.2) is 40.0 Å². The van der Waals surface area contributed by atoms with Gasteiger partial charge in [-0.2, -0.15) is 0 Å². The van der Waals surface area contributed by atoms with Crippen LogP contribution in [0.15, 0.2) is 0 Å². The number of methoxy groups -OCH3 is 4. The molecule has 0 heterocycles. The quantitative estimate of drug-likeness (QED) is 0.696. The first kappa shape index (κ1) is 13.9. The number of hydrogen-bond acceptors (Lipinski definition) is 4. The second-order valence-corrected chi connectivity index (χ2v) is 5.33. The maximum absolute atomic E-state index is 5.54. The normalized spacial score (nSPS) is 26.6. The maximum Gasteiger partial charge on any atom is 0.173 e. The Morgan fingerprint density at radius 1 is 0.625 bits per heavy atom. The molecule has 0 aliphatic heterocycles. The molecule has 0 aromatic carbocycles. The van der Waals surface area contributed by atoms with Gasteiger partial charge < -0.3 is 18.9 Å². The lowest BCUT2D eigenvalue weighted by molar-refractivity contribution is -0.333. The van der Waals surface area contributed by atoms with Gasteiger partial charge in [-0.05, 0) is 5.41 Å². The molecule has 1 aliphatic rings. The molecule has 0 saturated heterocycles. The van der Waals surface area contributed by atoms with E-state index in [4.69, 9.17) is 18.9 Å². The van der Waals surface area contributed by atoms with Crippen molar-refractivity contribution in [3.05, 3.63) is 0 Å². The van der Waals surface area contributed by atoms with E-state index >= 15 is 0 Å². The topological polar surface area (TPSA) is 36.9 Å². The lowest BCUT2D eigenvalue weighted by Crippen LogP contribution is -2.55. The fraction of sp³-hybridized carbons (Fsp3) is 1.00. The largest absolute Gasteiger partial charge is 0.353 e. The highest BCUT2D eigenvalue weighted by Gasteiger charge is 2.53. The summed E-state index contributed by atoms with van der Waals surface area (Å²) >= 11 is 0. The Kier molecular flexibility index (Phi) is 4.00. The summed E-state index contributed by atoms with van der Waals surface area (Å²) in [6.07, 6.45) is 2.26. The molecular weight excluding hydrogens is 208 g/mol. The molecule has 4 nitrogen and oxygen atoms in total. The van der Waals surface area contributed by atoms with Crippen LogP contribution in [0.1, 0.15) is 33.1 Å². The molecule has 0 amide bonds. The maximum atomic E-state index is 5.54. The van der Waals surface area contributed by atoms with Gasteiger partial charge in [-0.1, -0.05) is 13.8 Å². The highest BCUT2D eigenvalue weighted by Crippen LogP contribution is 2.49. The van der Waals surface area contributed by atoms with Crippen molar-refractivity contribution < 1.29 is 18.9 Å². The first-order valence-electron chi connectivity index (χ1n) is 5.57. The van der Waals surface area contributed by atoms with Gasteiger partial charge in [-0.3, -0.25) is 0 Å². The minimum atomic E-state index is -0.617. The molecule has 16 heavy (non-hydrogen) atoms. The Hall–Kier alpha value is -0.160. The van der Waals surface area contributed by atoms with Crippen LogP contribution < -0.4 is 0 Å². The van der Waals surface area contributed by atoms with Crippen molar-refractivity contribution in [3.63, 3.8) is 0 Å². The molecule has 0 N–H and O–H groups in total. The van der Waals surface area contributed by atoms with Gasteiger partial charge >= 0.3 is 0 Å². The second-order valence-electron chi connectivity index (χ2n) is 5.33. The monoisotopic (exact) mass is 232 g/mol. The van der Waals surface area contributed by atoms with Crippen LogP contribution in [0.4, 0.5) is 0 Å². The fourth-order valence-corrected chi connectivity index (χ4v) is 2.80. The summed E-state index contributed by atoms with van der Waals surface area (Å²) in [5.41, 5.74) is 0.0519. The van der Waals surface area contributed by atoms with Crippen molar-refractivity contribution in [2.24, 2.45) is 5.41 Å². The Morgan fingerprint density at radius 3 is 1.19 bits per heavy atom. The van der Waals surface area contributed by atoms with Crippen LogP contribution in [-0.2, 0) is 18.9 Å². The summed E-state index contributed by atoms with van der Waals surface area (Å²) in [4.78, 5) is 0. The van der Waals surface area contributed by atoms with Crippen LogP contribution in [0.5, 0.6) is 0 Å². The van der Waals surface area contributed by atoms with Crippen molar-refractivity contribution in [1.29, 1.82) is 0 Å². The molecular formula is C12H24O4. The predicted molar refractivity (Wildman–Crippen MR) is 61.1 cm³/mol. The Bertz CT molecular complexity index is 207. The summed E-state index contributed by atoms with van der Waals surface area (Å²) in [5.74, 6) is -1.23. The third-order valence-electron chi connectivity index (χ3n) is 3.52. The van der Waals surface area contributed by atoms with Gasteiger partial charge in [0.2, 0.25) is 0 Å². The van der Waals surface area contributed by atoms with Crippen molar-refractivity contribution >= 4 is 0 Å². The van der Waals surface area contributed by atoms with Crippen molar-refractivity contribution in [2.45, 2.75) is 44.7 Å². The van der Waals surface area contributed by atoms with E-state index in [1.165, 1.54) is 0 Å². The average molecular weight is 232 g/mol. The highest BCUT2D eigenvalue weighted by atomic mass is 16.7. The number of ether oxygens (including phenoxy) is 4. The molecule has 0 unspecified atom stereocenters. The molecule has 0 aromatic rings. The van der Waals surface area contributed by atoms with Gasteiger partial charge in [-0.25, -0.2) is 0 Å². The molecule has 96 valence electrons. The molecule has 0 bridgehead atoms. The van der Waals surface area contributed by atoms with Crippen LogP contribution in [0.3, 0.4) is 0 Å². The molecule has 1 rings (SSSR count). The van der Waals surface area contributed by atoms with Crippen LogP contribution >= 0.6 is 0 Å². The second kappa shape index (κ2) is 4.61. The first-order valence-corrected chi connectivity index (χ1v) is 5.57. The van der Waals surface area contributed by atoms with Crippen LogP contribution in [0.2, 0.25) is 0 Å². The molecule has 4 heteroatoms. The zero-order valence-electron chi connectivity index (χ0n) is 11.3. The Morgan fingerprint density at radius 2 is 0.938 bits per heavy atom. The first-order chi connectivity index (χ1) is 7.36. The lowest BCUT2D eigenvalue weighted by Gasteiger charge is -2.50. The summed E-state index contributed by atoms with van der Waals surface area (Å²) < 4.78 is 22.2. The molecule has 0 radical (unpaired) electrons. The van der Waals surface area contributed by atoms with E-state index in [0.717, 1.165) is 12.8 Å². The third-order valence-corrected chi connectivity index (χ3v) is 3.52. The van der Waals surface area contributed by atoms with Gasteiger partial charge in [-0.15, -0.1) is 0 Å². The molecule has 1 fully saturated rings. The van der Waals surface area contributed by atoms with E-state index in [1.54, 1.807) is 28.4 Å². The lowest BCUT2D eigenvalue weighted by atomic mass is 9.71. The van der Waals surface area contributed by atoms with E-state index in [2.05, 4.69) is 13.8 Å². The van der Waals surface area contributed by atoms with Crippen molar-refractivity contribution in [3.8, 4) is 0 Å². The van der Waals surface area contributed by atoms with Crippen LogP contribution in [0, 0.1) is 5.41 Å².